The Labute approximate surface area is 183 Å². The Morgan fingerprint density at radius 2 is 2.00 bits per heavy atom. The zero-order chi connectivity index (χ0) is 22.4. The molecule has 1 amide bonds. The number of nitriles is 1. The molecule has 2 aromatic carbocycles. The van der Waals surface area contributed by atoms with Gasteiger partial charge in [0.15, 0.2) is 0 Å². The average Bonchev–Trinajstić information content (AvgIpc) is 3.20. The van der Waals surface area contributed by atoms with Crippen LogP contribution in [0.3, 0.4) is 0 Å². The minimum absolute atomic E-state index is 0.00790. The van der Waals surface area contributed by atoms with Crippen LogP contribution in [-0.4, -0.2) is 29.9 Å². The van der Waals surface area contributed by atoms with Gasteiger partial charge in [-0.2, -0.15) is 14.6 Å². The third-order valence-electron chi connectivity index (χ3n) is 4.00. The summed E-state index contributed by atoms with van der Waals surface area (Å²) in [7, 11) is -3.58. The molecule has 0 radical (unpaired) electrons. The average molecular weight is 455 g/mol. The van der Waals surface area contributed by atoms with Gasteiger partial charge in [0.25, 0.3) is 11.1 Å². The summed E-state index contributed by atoms with van der Waals surface area (Å²) in [6, 6.07) is 16.8. The predicted molar refractivity (Wildman–Crippen MR) is 117 cm³/mol. The Kier molecular flexibility index (Phi) is 6.79. The van der Waals surface area contributed by atoms with Gasteiger partial charge in [0.1, 0.15) is 24.0 Å². The summed E-state index contributed by atoms with van der Waals surface area (Å²) in [4.78, 5) is 16.1. The van der Waals surface area contributed by atoms with E-state index >= 15 is 0 Å². The van der Waals surface area contributed by atoms with Crippen molar-refractivity contribution in [3.05, 3.63) is 70.8 Å². The van der Waals surface area contributed by atoms with E-state index in [-0.39, 0.29) is 15.9 Å². The number of amides is 1. The third-order valence-corrected chi connectivity index (χ3v) is 5.60. The van der Waals surface area contributed by atoms with E-state index in [4.69, 9.17) is 4.74 Å². The van der Waals surface area contributed by atoms with Crippen LogP contribution in [0.1, 0.15) is 16.7 Å². The molecule has 0 aliphatic carbocycles. The van der Waals surface area contributed by atoms with Gasteiger partial charge in [-0.15, -0.1) is 0 Å². The van der Waals surface area contributed by atoms with Crippen LogP contribution in [0.2, 0.25) is 0 Å². The highest BCUT2D eigenvalue weighted by molar-refractivity contribution is 7.90. The SMILES string of the molecule is Cc1cccc(COc2ccc(C=C(C#N)C(=O)Nc3nc(S(C)(=O)=O)ns3)cc2)c1. The number of anilines is 1. The minimum atomic E-state index is -3.58. The summed E-state index contributed by atoms with van der Waals surface area (Å²) in [5.74, 6) is -0.0535. The van der Waals surface area contributed by atoms with Gasteiger partial charge in [-0.1, -0.05) is 42.0 Å². The predicted octanol–water partition coefficient (Wildman–Crippen LogP) is 3.37. The molecule has 0 saturated carbocycles. The highest BCUT2D eigenvalue weighted by Gasteiger charge is 2.17. The van der Waals surface area contributed by atoms with Crippen molar-refractivity contribution in [2.24, 2.45) is 0 Å². The molecule has 3 aromatic rings. The monoisotopic (exact) mass is 454 g/mol. The molecule has 0 spiro atoms. The third kappa shape index (κ3) is 6.21. The van der Waals surface area contributed by atoms with Gasteiger partial charge in [-0.3, -0.25) is 10.1 Å². The summed E-state index contributed by atoms with van der Waals surface area (Å²) in [6.07, 6.45) is 2.38. The molecule has 8 nitrogen and oxygen atoms in total. The molecule has 0 atom stereocenters. The van der Waals surface area contributed by atoms with Crippen LogP contribution in [0.4, 0.5) is 5.13 Å². The first-order valence-corrected chi connectivity index (χ1v) is 11.7. The highest BCUT2D eigenvalue weighted by Crippen LogP contribution is 2.18. The lowest BCUT2D eigenvalue weighted by Crippen LogP contribution is -2.13. The van der Waals surface area contributed by atoms with Gasteiger partial charge in [-0.05, 0) is 36.3 Å². The summed E-state index contributed by atoms with van der Waals surface area (Å²) < 4.78 is 32.3. The van der Waals surface area contributed by atoms with Crippen LogP contribution < -0.4 is 10.1 Å². The highest BCUT2D eigenvalue weighted by atomic mass is 32.2. The second-order valence-electron chi connectivity index (χ2n) is 6.62. The number of carbonyl (C=O) groups is 1. The van der Waals surface area contributed by atoms with Crippen LogP contribution in [0.25, 0.3) is 6.08 Å². The standard InChI is InChI=1S/C21H18N4O4S2/c1-14-4-3-5-16(10-14)13-29-18-8-6-15(7-9-18)11-17(12-22)19(26)23-20-24-21(25-30-20)31(2,27)28/h3-11H,13H2,1-2H3,(H,23,24,25,26). The number of aromatic nitrogens is 2. The van der Waals surface area contributed by atoms with E-state index < -0.39 is 15.7 Å². The van der Waals surface area contributed by atoms with Gasteiger partial charge in [-0.25, -0.2) is 8.42 Å². The number of ether oxygens (including phenoxy) is 1. The van der Waals surface area contributed by atoms with Crippen LogP contribution in [0.15, 0.2) is 59.3 Å². The lowest BCUT2D eigenvalue weighted by atomic mass is 10.1. The number of sulfone groups is 1. The zero-order valence-electron chi connectivity index (χ0n) is 16.7. The summed E-state index contributed by atoms with van der Waals surface area (Å²) in [6.45, 7) is 2.45. The molecule has 0 aliphatic rings. The summed E-state index contributed by atoms with van der Waals surface area (Å²) in [5.41, 5.74) is 2.68. The molecule has 0 unspecified atom stereocenters. The van der Waals surface area contributed by atoms with E-state index in [1.54, 1.807) is 24.3 Å². The van der Waals surface area contributed by atoms with Crippen molar-refractivity contribution in [2.75, 3.05) is 11.6 Å². The van der Waals surface area contributed by atoms with E-state index in [0.29, 0.717) is 17.9 Å². The lowest BCUT2D eigenvalue weighted by Gasteiger charge is -2.07. The van der Waals surface area contributed by atoms with Crippen molar-refractivity contribution < 1.29 is 17.9 Å². The first-order chi connectivity index (χ1) is 14.7. The van der Waals surface area contributed by atoms with Gasteiger partial charge in [0, 0.05) is 17.8 Å². The van der Waals surface area contributed by atoms with Gasteiger partial charge < -0.3 is 4.74 Å². The molecule has 0 saturated heterocycles. The maximum atomic E-state index is 12.3. The molecular formula is C21H18N4O4S2. The molecule has 0 fully saturated rings. The molecule has 10 heteroatoms. The number of aryl methyl sites for hydroxylation is 1. The Balaban J connectivity index is 1.65. The normalized spacial score (nSPS) is 11.6. The van der Waals surface area contributed by atoms with E-state index in [2.05, 4.69) is 14.7 Å². The van der Waals surface area contributed by atoms with Gasteiger partial charge in [0.05, 0.1) is 0 Å². The number of nitrogens with zero attached hydrogens (tertiary/aromatic N) is 3. The smallest absolute Gasteiger partial charge is 0.268 e. The second-order valence-corrected chi connectivity index (χ2v) is 9.29. The first-order valence-electron chi connectivity index (χ1n) is 9.00. The maximum Gasteiger partial charge on any atom is 0.268 e. The largest absolute Gasteiger partial charge is 0.489 e. The van der Waals surface area contributed by atoms with Crippen LogP contribution in [0, 0.1) is 18.3 Å². The van der Waals surface area contributed by atoms with Crippen molar-refractivity contribution in [1.29, 1.82) is 5.26 Å². The minimum Gasteiger partial charge on any atom is -0.489 e. The number of nitrogens with one attached hydrogen (secondary N) is 1. The number of rotatable bonds is 7. The van der Waals surface area contributed by atoms with Crippen LogP contribution in [0.5, 0.6) is 5.75 Å². The quantitative estimate of drug-likeness (QED) is 0.429. The fraction of sp³-hybridized carbons (Fsp3) is 0.143. The Morgan fingerprint density at radius 3 is 2.61 bits per heavy atom. The van der Waals surface area contributed by atoms with Crippen molar-refractivity contribution in [3.8, 4) is 11.8 Å². The Bertz CT molecular complexity index is 1270. The van der Waals surface area contributed by atoms with Crippen molar-refractivity contribution >= 4 is 38.5 Å². The Morgan fingerprint density at radius 1 is 1.26 bits per heavy atom. The van der Waals surface area contributed by atoms with Crippen LogP contribution in [-0.2, 0) is 21.2 Å². The summed E-state index contributed by atoms with van der Waals surface area (Å²) in [5, 5.41) is 11.3. The van der Waals surface area contributed by atoms with E-state index in [0.717, 1.165) is 28.9 Å². The zero-order valence-corrected chi connectivity index (χ0v) is 18.3. The van der Waals surface area contributed by atoms with E-state index in [1.807, 2.05) is 37.3 Å². The molecule has 1 N–H and O–H groups in total. The molecule has 158 valence electrons. The topological polar surface area (TPSA) is 122 Å². The molecule has 0 bridgehead atoms. The van der Waals surface area contributed by atoms with Crippen molar-refractivity contribution in [1.82, 2.24) is 9.36 Å². The number of hydrogen-bond acceptors (Lipinski definition) is 8. The molecular weight excluding hydrogens is 436 g/mol. The second kappa shape index (κ2) is 9.51. The molecule has 1 aromatic heterocycles. The van der Waals surface area contributed by atoms with Crippen molar-refractivity contribution in [2.45, 2.75) is 18.7 Å². The molecule has 1 heterocycles. The lowest BCUT2D eigenvalue weighted by molar-refractivity contribution is -0.112. The number of hydrogen-bond donors (Lipinski definition) is 1. The molecule has 3 rings (SSSR count). The number of benzene rings is 2. The summed E-state index contributed by atoms with van der Waals surface area (Å²) >= 11 is 0.720. The van der Waals surface area contributed by atoms with Crippen LogP contribution >= 0.6 is 11.5 Å². The maximum absolute atomic E-state index is 12.3. The number of carbonyl (C=O) groups excluding carboxylic acids is 1. The first kappa shape index (κ1) is 22.1. The fourth-order valence-electron chi connectivity index (χ4n) is 2.52. The van der Waals surface area contributed by atoms with Crippen molar-refractivity contribution in [3.63, 3.8) is 0 Å². The molecule has 0 aliphatic heterocycles. The Hall–Kier alpha value is -3.55. The van der Waals surface area contributed by atoms with Gasteiger partial charge in [0.2, 0.25) is 15.0 Å². The fourth-order valence-corrected chi connectivity index (χ4v) is 3.96. The molecule has 31 heavy (non-hydrogen) atoms. The van der Waals surface area contributed by atoms with E-state index in [9.17, 15) is 18.5 Å². The van der Waals surface area contributed by atoms with Gasteiger partial charge >= 0.3 is 0 Å². The van der Waals surface area contributed by atoms with E-state index in [1.165, 1.54) is 6.08 Å².